The second-order valence-corrected chi connectivity index (χ2v) is 8.75. The Labute approximate surface area is 196 Å². The molecule has 2 heterocycles. The molecule has 8 nitrogen and oxygen atoms in total. The number of fused-ring (bicyclic) bond motifs is 3. The fourth-order valence-electron chi connectivity index (χ4n) is 4.92. The summed E-state index contributed by atoms with van der Waals surface area (Å²) in [5.41, 5.74) is 4.66. The van der Waals surface area contributed by atoms with Crippen LogP contribution in [0.25, 0.3) is 11.1 Å². The molecule has 1 aromatic heterocycles. The second-order valence-electron chi connectivity index (χ2n) is 8.75. The van der Waals surface area contributed by atoms with Gasteiger partial charge in [-0.3, -0.25) is 14.9 Å². The van der Waals surface area contributed by atoms with Crippen LogP contribution in [0.4, 0.5) is 10.5 Å². The maximum Gasteiger partial charge on any atom is 0.411 e. The number of rotatable bonds is 5. The number of ether oxygens (including phenoxy) is 1. The summed E-state index contributed by atoms with van der Waals surface area (Å²) in [6.07, 6.45) is 0.607. The quantitative estimate of drug-likeness (QED) is 0.583. The van der Waals surface area contributed by atoms with Gasteiger partial charge in [0.05, 0.1) is 17.9 Å². The largest absolute Gasteiger partial charge is 0.481 e. The van der Waals surface area contributed by atoms with Gasteiger partial charge in [0, 0.05) is 25.1 Å². The topological polar surface area (TPSA) is 109 Å². The maximum absolute atomic E-state index is 12.9. The first-order chi connectivity index (χ1) is 16.4. The van der Waals surface area contributed by atoms with Crippen LogP contribution in [-0.2, 0) is 9.53 Å². The van der Waals surface area contributed by atoms with Crippen LogP contribution >= 0.6 is 0 Å². The SMILES string of the molecule is C[C@@H]1CN(C(=O)c2occc2NC(=O)OCC2c3ccccc3-c3ccccc32)C[C@H]1C(=O)O. The highest BCUT2D eigenvalue weighted by Crippen LogP contribution is 2.44. The molecule has 2 amide bonds. The molecule has 2 aliphatic rings. The van der Waals surface area contributed by atoms with Gasteiger partial charge in [0.15, 0.2) is 0 Å². The number of furan rings is 1. The Kier molecular flexibility index (Phi) is 5.57. The van der Waals surface area contributed by atoms with Crippen molar-refractivity contribution in [2.45, 2.75) is 12.8 Å². The molecule has 34 heavy (non-hydrogen) atoms. The van der Waals surface area contributed by atoms with E-state index in [0.29, 0.717) is 6.54 Å². The third kappa shape index (κ3) is 3.81. The number of likely N-dealkylation sites (tertiary alicyclic amines) is 1. The normalized spacial score (nSPS) is 18.9. The summed E-state index contributed by atoms with van der Waals surface area (Å²) < 4.78 is 10.9. The van der Waals surface area contributed by atoms with Gasteiger partial charge in [-0.1, -0.05) is 55.5 Å². The first-order valence-electron chi connectivity index (χ1n) is 11.2. The van der Waals surface area contributed by atoms with E-state index < -0.39 is 23.9 Å². The van der Waals surface area contributed by atoms with Gasteiger partial charge in [0.25, 0.3) is 5.91 Å². The van der Waals surface area contributed by atoms with E-state index in [4.69, 9.17) is 9.15 Å². The summed E-state index contributed by atoms with van der Waals surface area (Å²) in [6.45, 7) is 2.34. The smallest absolute Gasteiger partial charge is 0.411 e. The van der Waals surface area contributed by atoms with Gasteiger partial charge in [-0.05, 0) is 28.2 Å². The van der Waals surface area contributed by atoms with Crippen molar-refractivity contribution in [2.24, 2.45) is 11.8 Å². The number of hydrogen-bond donors (Lipinski definition) is 2. The van der Waals surface area contributed by atoms with E-state index >= 15 is 0 Å². The Balaban J connectivity index is 1.25. The predicted molar refractivity (Wildman–Crippen MR) is 124 cm³/mol. The van der Waals surface area contributed by atoms with E-state index in [1.807, 2.05) is 36.4 Å². The molecule has 2 atom stereocenters. The van der Waals surface area contributed by atoms with Crippen molar-refractivity contribution in [3.05, 3.63) is 77.7 Å². The zero-order chi connectivity index (χ0) is 23.8. The summed E-state index contributed by atoms with van der Waals surface area (Å²) >= 11 is 0. The van der Waals surface area contributed by atoms with E-state index in [9.17, 15) is 19.5 Å². The predicted octanol–water partition coefficient (Wildman–Crippen LogP) is 4.43. The number of aliphatic carboxylic acids is 1. The van der Waals surface area contributed by atoms with Gasteiger partial charge >= 0.3 is 12.1 Å². The zero-order valence-electron chi connectivity index (χ0n) is 18.6. The van der Waals surface area contributed by atoms with Gasteiger partial charge in [0.1, 0.15) is 6.61 Å². The zero-order valence-corrected chi connectivity index (χ0v) is 18.6. The fraction of sp³-hybridized carbons (Fsp3) is 0.269. The van der Waals surface area contributed by atoms with Crippen molar-refractivity contribution in [1.29, 1.82) is 0 Å². The Morgan fingerprint density at radius 1 is 1.03 bits per heavy atom. The van der Waals surface area contributed by atoms with Gasteiger partial charge in [-0.2, -0.15) is 0 Å². The lowest BCUT2D eigenvalue weighted by Crippen LogP contribution is -2.30. The van der Waals surface area contributed by atoms with Crippen molar-refractivity contribution in [3.63, 3.8) is 0 Å². The van der Waals surface area contributed by atoms with Crippen molar-refractivity contribution in [1.82, 2.24) is 4.90 Å². The molecule has 0 bridgehead atoms. The molecular formula is C26H24N2O6. The third-order valence-corrected chi connectivity index (χ3v) is 6.66. The number of nitrogens with zero attached hydrogens (tertiary/aromatic N) is 1. The number of amides is 2. The van der Waals surface area contributed by atoms with Crippen molar-refractivity contribution >= 4 is 23.7 Å². The van der Waals surface area contributed by atoms with E-state index in [-0.39, 0.29) is 36.4 Å². The molecule has 2 N–H and O–H groups in total. The van der Waals surface area contributed by atoms with Crippen LogP contribution in [0.2, 0.25) is 0 Å². The minimum absolute atomic E-state index is 0.0493. The minimum Gasteiger partial charge on any atom is -0.481 e. The Morgan fingerprint density at radius 3 is 2.29 bits per heavy atom. The molecule has 3 aromatic rings. The first-order valence-corrected chi connectivity index (χ1v) is 11.2. The maximum atomic E-state index is 12.9. The summed E-state index contributed by atoms with van der Waals surface area (Å²) in [4.78, 5) is 38.3. The number of carboxylic acid groups (broad SMARTS) is 1. The number of carbonyl (C=O) groups excluding carboxylic acids is 2. The minimum atomic E-state index is -0.931. The summed E-state index contributed by atoms with van der Waals surface area (Å²) in [7, 11) is 0. The van der Waals surface area contributed by atoms with Crippen molar-refractivity contribution < 1.29 is 28.6 Å². The molecule has 0 radical (unpaired) electrons. The molecule has 0 saturated carbocycles. The lowest BCUT2D eigenvalue weighted by molar-refractivity contribution is -0.142. The monoisotopic (exact) mass is 460 g/mol. The highest BCUT2D eigenvalue weighted by atomic mass is 16.5. The molecule has 8 heteroatoms. The van der Waals surface area contributed by atoms with Crippen LogP contribution in [0.5, 0.6) is 0 Å². The van der Waals surface area contributed by atoms with Gasteiger partial charge in [-0.25, -0.2) is 4.79 Å². The Morgan fingerprint density at radius 2 is 1.68 bits per heavy atom. The standard InChI is InChI=1S/C26H24N2O6/c1-15-12-28(13-20(15)25(30)31)24(29)23-22(10-11-33-23)27-26(32)34-14-21-18-8-4-2-6-16(18)17-7-3-5-9-19(17)21/h2-11,15,20-21H,12-14H2,1H3,(H,27,32)(H,30,31)/t15-,20-/m1/s1. The number of anilines is 1. The second kappa shape index (κ2) is 8.70. The number of benzene rings is 2. The average Bonchev–Trinajstić information content (AvgIpc) is 3.53. The fourth-order valence-corrected chi connectivity index (χ4v) is 4.92. The summed E-state index contributed by atoms with van der Waals surface area (Å²) in [6, 6.07) is 17.6. The van der Waals surface area contributed by atoms with Crippen LogP contribution in [0, 0.1) is 11.8 Å². The molecule has 1 aliphatic carbocycles. The van der Waals surface area contributed by atoms with Crippen molar-refractivity contribution in [2.75, 3.05) is 25.0 Å². The molecular weight excluding hydrogens is 436 g/mol. The van der Waals surface area contributed by atoms with Crippen molar-refractivity contribution in [3.8, 4) is 11.1 Å². The van der Waals surface area contributed by atoms with E-state index in [1.165, 1.54) is 17.2 Å². The van der Waals surface area contributed by atoms with Gasteiger partial charge in [-0.15, -0.1) is 0 Å². The van der Waals surface area contributed by atoms with Crippen LogP contribution < -0.4 is 5.32 Å². The lowest BCUT2D eigenvalue weighted by atomic mass is 9.98. The first kappa shape index (κ1) is 21.8. The molecule has 2 aromatic carbocycles. The third-order valence-electron chi connectivity index (χ3n) is 6.66. The lowest BCUT2D eigenvalue weighted by Gasteiger charge is -2.16. The van der Waals surface area contributed by atoms with Crippen LogP contribution in [0.3, 0.4) is 0 Å². The highest BCUT2D eigenvalue weighted by Gasteiger charge is 2.38. The average molecular weight is 460 g/mol. The molecule has 0 unspecified atom stereocenters. The van der Waals surface area contributed by atoms with Crippen LogP contribution in [0.1, 0.15) is 34.5 Å². The number of carboxylic acids is 1. The van der Waals surface area contributed by atoms with Gasteiger partial charge < -0.3 is 19.2 Å². The molecule has 0 spiro atoms. The molecule has 1 saturated heterocycles. The number of hydrogen-bond acceptors (Lipinski definition) is 5. The molecule has 174 valence electrons. The van der Waals surface area contributed by atoms with Gasteiger partial charge in [0.2, 0.25) is 5.76 Å². The number of nitrogens with one attached hydrogen (secondary N) is 1. The van der Waals surface area contributed by atoms with E-state index in [0.717, 1.165) is 22.3 Å². The number of carbonyl (C=O) groups is 3. The summed E-state index contributed by atoms with van der Waals surface area (Å²) in [5.74, 6) is -2.32. The summed E-state index contributed by atoms with van der Waals surface area (Å²) in [5, 5.41) is 11.9. The van der Waals surface area contributed by atoms with Crippen LogP contribution in [0.15, 0.2) is 65.3 Å². The Hall–Kier alpha value is -4.07. The van der Waals surface area contributed by atoms with E-state index in [1.54, 1.807) is 6.92 Å². The van der Waals surface area contributed by atoms with Crippen LogP contribution in [-0.4, -0.2) is 47.7 Å². The molecule has 1 fully saturated rings. The molecule has 1 aliphatic heterocycles. The van der Waals surface area contributed by atoms with E-state index in [2.05, 4.69) is 17.4 Å². The Bertz CT molecular complexity index is 1220. The highest BCUT2D eigenvalue weighted by molar-refractivity contribution is 6.00. The molecule has 5 rings (SSSR count).